The van der Waals surface area contributed by atoms with E-state index in [-0.39, 0.29) is 5.78 Å². The second kappa shape index (κ2) is 5.92. The van der Waals surface area contributed by atoms with Crippen molar-refractivity contribution in [1.82, 2.24) is 0 Å². The predicted octanol–water partition coefficient (Wildman–Crippen LogP) is 5.14. The largest absolute Gasteiger partial charge is 0.294 e. The van der Waals surface area contributed by atoms with Gasteiger partial charge < -0.3 is 0 Å². The standard InChI is InChI=1S/C18H17BrO/c19-15-8-3-5-13(11-15)12-18(20)17-10-2-1-9-16(17)14-6-4-7-14/h1-3,5,8-11,14H,4,6-7,12H2. The van der Waals surface area contributed by atoms with Crippen molar-refractivity contribution in [1.29, 1.82) is 0 Å². The first-order valence-corrected chi connectivity index (χ1v) is 7.90. The molecule has 1 saturated carbocycles. The predicted molar refractivity (Wildman–Crippen MR) is 85.2 cm³/mol. The van der Waals surface area contributed by atoms with Gasteiger partial charge in [0.15, 0.2) is 5.78 Å². The molecule has 0 amide bonds. The SMILES string of the molecule is O=C(Cc1cccc(Br)c1)c1ccccc1C1CCC1. The van der Waals surface area contributed by atoms with E-state index in [0.717, 1.165) is 15.6 Å². The van der Waals surface area contributed by atoms with E-state index in [9.17, 15) is 4.79 Å². The summed E-state index contributed by atoms with van der Waals surface area (Å²) < 4.78 is 1.02. The molecule has 2 aromatic carbocycles. The van der Waals surface area contributed by atoms with Gasteiger partial charge in [0.1, 0.15) is 0 Å². The molecule has 20 heavy (non-hydrogen) atoms. The molecule has 0 bridgehead atoms. The van der Waals surface area contributed by atoms with Crippen LogP contribution in [0.1, 0.15) is 46.7 Å². The monoisotopic (exact) mass is 328 g/mol. The maximum atomic E-state index is 12.6. The summed E-state index contributed by atoms with van der Waals surface area (Å²) in [7, 11) is 0. The fourth-order valence-electron chi connectivity index (χ4n) is 2.75. The van der Waals surface area contributed by atoms with Gasteiger partial charge in [-0.05, 0) is 42.0 Å². The summed E-state index contributed by atoms with van der Waals surface area (Å²) >= 11 is 3.46. The first-order valence-electron chi connectivity index (χ1n) is 7.10. The van der Waals surface area contributed by atoms with Gasteiger partial charge in [-0.2, -0.15) is 0 Å². The number of benzene rings is 2. The van der Waals surface area contributed by atoms with Gasteiger partial charge in [-0.1, -0.05) is 58.7 Å². The van der Waals surface area contributed by atoms with Gasteiger partial charge >= 0.3 is 0 Å². The van der Waals surface area contributed by atoms with Crippen LogP contribution in [0.25, 0.3) is 0 Å². The van der Waals surface area contributed by atoms with E-state index in [1.54, 1.807) is 0 Å². The third-order valence-corrected chi connectivity index (χ3v) is 4.55. The third-order valence-electron chi connectivity index (χ3n) is 4.06. The summed E-state index contributed by atoms with van der Waals surface area (Å²) in [5.74, 6) is 0.822. The number of Topliss-reactive ketones (excluding diaryl/α,β-unsaturated/α-hetero) is 1. The molecule has 3 rings (SSSR count). The van der Waals surface area contributed by atoms with Crippen LogP contribution in [0.5, 0.6) is 0 Å². The molecule has 1 fully saturated rings. The van der Waals surface area contributed by atoms with Crippen LogP contribution in [-0.4, -0.2) is 5.78 Å². The fourth-order valence-corrected chi connectivity index (χ4v) is 3.20. The van der Waals surface area contributed by atoms with E-state index in [1.165, 1.54) is 24.8 Å². The molecule has 0 heterocycles. The molecule has 102 valence electrons. The molecule has 0 radical (unpaired) electrons. The molecule has 0 saturated heterocycles. The molecular formula is C18H17BrO. The van der Waals surface area contributed by atoms with E-state index in [1.807, 2.05) is 42.5 Å². The molecule has 0 spiro atoms. The lowest BCUT2D eigenvalue weighted by Gasteiger charge is -2.27. The second-order valence-electron chi connectivity index (χ2n) is 5.44. The number of rotatable bonds is 4. The number of carbonyl (C=O) groups is 1. The Morgan fingerprint density at radius 3 is 2.60 bits per heavy atom. The average Bonchev–Trinajstić information content (AvgIpc) is 2.37. The number of ketones is 1. The first kappa shape index (κ1) is 13.6. The Morgan fingerprint density at radius 2 is 1.90 bits per heavy atom. The zero-order valence-electron chi connectivity index (χ0n) is 11.3. The van der Waals surface area contributed by atoms with Crippen molar-refractivity contribution in [3.63, 3.8) is 0 Å². The minimum Gasteiger partial charge on any atom is -0.294 e. The maximum Gasteiger partial charge on any atom is 0.167 e. The molecule has 0 atom stereocenters. The van der Waals surface area contributed by atoms with Crippen LogP contribution in [-0.2, 0) is 6.42 Å². The van der Waals surface area contributed by atoms with Crippen molar-refractivity contribution >= 4 is 21.7 Å². The molecule has 0 aliphatic heterocycles. The Balaban J connectivity index is 1.83. The molecule has 1 nitrogen and oxygen atoms in total. The summed E-state index contributed by atoms with van der Waals surface area (Å²) in [6.07, 6.45) is 4.21. The Kier molecular flexibility index (Phi) is 4.02. The molecule has 1 aliphatic rings. The van der Waals surface area contributed by atoms with Crippen LogP contribution in [0.15, 0.2) is 53.0 Å². The van der Waals surface area contributed by atoms with Crippen LogP contribution in [0.2, 0.25) is 0 Å². The number of hydrogen-bond acceptors (Lipinski definition) is 1. The fraction of sp³-hybridized carbons (Fsp3) is 0.278. The number of hydrogen-bond donors (Lipinski definition) is 0. The summed E-state index contributed by atoms with van der Waals surface area (Å²) in [5, 5.41) is 0. The van der Waals surface area contributed by atoms with Crippen LogP contribution in [0.3, 0.4) is 0 Å². The van der Waals surface area contributed by atoms with E-state index in [2.05, 4.69) is 22.0 Å². The topological polar surface area (TPSA) is 17.1 Å². The highest BCUT2D eigenvalue weighted by molar-refractivity contribution is 9.10. The van der Waals surface area contributed by atoms with Crippen molar-refractivity contribution in [2.24, 2.45) is 0 Å². The van der Waals surface area contributed by atoms with Crippen LogP contribution in [0, 0.1) is 0 Å². The average molecular weight is 329 g/mol. The van der Waals surface area contributed by atoms with Crippen molar-refractivity contribution in [3.8, 4) is 0 Å². The molecule has 1 aliphatic carbocycles. The Hall–Kier alpha value is -1.41. The number of halogens is 1. The summed E-state index contributed by atoms with van der Waals surface area (Å²) in [4.78, 5) is 12.6. The Labute approximate surface area is 128 Å². The lowest BCUT2D eigenvalue weighted by atomic mass is 9.77. The summed E-state index contributed by atoms with van der Waals surface area (Å²) in [6.45, 7) is 0. The Bertz CT molecular complexity index is 629. The van der Waals surface area contributed by atoms with Crippen molar-refractivity contribution in [2.75, 3.05) is 0 Å². The highest BCUT2D eigenvalue weighted by atomic mass is 79.9. The smallest absolute Gasteiger partial charge is 0.167 e. The van der Waals surface area contributed by atoms with Gasteiger partial charge in [0.05, 0.1) is 0 Å². The number of carbonyl (C=O) groups excluding carboxylic acids is 1. The minimum absolute atomic E-state index is 0.227. The molecular weight excluding hydrogens is 312 g/mol. The first-order chi connectivity index (χ1) is 9.74. The molecule has 0 N–H and O–H groups in total. The van der Waals surface area contributed by atoms with Gasteiger partial charge in [0.25, 0.3) is 0 Å². The maximum absolute atomic E-state index is 12.6. The van der Waals surface area contributed by atoms with E-state index < -0.39 is 0 Å². The van der Waals surface area contributed by atoms with Crippen LogP contribution in [0.4, 0.5) is 0 Å². The Morgan fingerprint density at radius 1 is 1.10 bits per heavy atom. The van der Waals surface area contributed by atoms with E-state index in [0.29, 0.717) is 12.3 Å². The van der Waals surface area contributed by atoms with Crippen LogP contribution >= 0.6 is 15.9 Å². The lowest BCUT2D eigenvalue weighted by molar-refractivity contribution is 0.0991. The minimum atomic E-state index is 0.227. The zero-order chi connectivity index (χ0) is 13.9. The lowest BCUT2D eigenvalue weighted by Crippen LogP contribution is -2.15. The van der Waals surface area contributed by atoms with Gasteiger partial charge in [0.2, 0.25) is 0 Å². The zero-order valence-corrected chi connectivity index (χ0v) is 12.9. The van der Waals surface area contributed by atoms with Gasteiger partial charge in [0, 0.05) is 16.5 Å². The molecule has 0 aromatic heterocycles. The molecule has 0 unspecified atom stereocenters. The second-order valence-corrected chi connectivity index (χ2v) is 6.36. The highest BCUT2D eigenvalue weighted by Crippen LogP contribution is 2.38. The highest BCUT2D eigenvalue weighted by Gasteiger charge is 2.24. The van der Waals surface area contributed by atoms with Crippen molar-refractivity contribution in [2.45, 2.75) is 31.6 Å². The van der Waals surface area contributed by atoms with Gasteiger partial charge in [-0.15, -0.1) is 0 Å². The van der Waals surface area contributed by atoms with E-state index in [4.69, 9.17) is 0 Å². The van der Waals surface area contributed by atoms with Crippen molar-refractivity contribution in [3.05, 3.63) is 69.7 Å². The normalized spacial score (nSPS) is 14.8. The third kappa shape index (κ3) is 2.85. The van der Waals surface area contributed by atoms with E-state index >= 15 is 0 Å². The van der Waals surface area contributed by atoms with Gasteiger partial charge in [-0.3, -0.25) is 4.79 Å². The van der Waals surface area contributed by atoms with Crippen molar-refractivity contribution < 1.29 is 4.79 Å². The van der Waals surface area contributed by atoms with Gasteiger partial charge in [-0.25, -0.2) is 0 Å². The van der Waals surface area contributed by atoms with Crippen LogP contribution < -0.4 is 0 Å². The summed E-state index contributed by atoms with van der Waals surface area (Å²) in [5.41, 5.74) is 3.23. The quantitative estimate of drug-likeness (QED) is 0.710. The molecule has 2 aromatic rings. The summed E-state index contributed by atoms with van der Waals surface area (Å²) in [6, 6.07) is 16.1. The molecule has 2 heteroatoms.